The van der Waals surface area contributed by atoms with E-state index in [9.17, 15) is 4.39 Å². The third-order valence-electron chi connectivity index (χ3n) is 2.80. The number of halogens is 2. The molecule has 4 heteroatoms. The Balaban J connectivity index is 1.86. The van der Waals surface area contributed by atoms with Crippen LogP contribution in [0.5, 0.6) is 5.75 Å². The Hall–Kier alpha value is -1.39. The molecule has 0 spiro atoms. The summed E-state index contributed by atoms with van der Waals surface area (Å²) in [7, 11) is 1.65. The van der Waals surface area contributed by atoms with Crippen LogP contribution in [-0.2, 0) is 13.1 Å². The predicted molar refractivity (Wildman–Crippen MR) is 77.6 cm³/mol. The predicted octanol–water partition coefficient (Wildman–Crippen LogP) is 3.89. The minimum absolute atomic E-state index is 0.233. The molecular weight excluding hydrogens is 309 g/mol. The molecule has 2 nitrogen and oxygen atoms in total. The third-order valence-corrected chi connectivity index (χ3v) is 3.44. The summed E-state index contributed by atoms with van der Waals surface area (Å²) in [5.74, 6) is 0.613. The number of ether oxygens (including phenoxy) is 1. The number of hydrogen-bond donors (Lipinski definition) is 1. The molecule has 2 rings (SSSR count). The van der Waals surface area contributed by atoms with Crippen LogP contribution >= 0.6 is 15.9 Å². The van der Waals surface area contributed by atoms with Gasteiger partial charge in [-0.05, 0) is 51.3 Å². The van der Waals surface area contributed by atoms with Crippen molar-refractivity contribution in [3.63, 3.8) is 0 Å². The van der Waals surface area contributed by atoms with Gasteiger partial charge in [-0.3, -0.25) is 0 Å². The summed E-state index contributed by atoms with van der Waals surface area (Å²) < 4.78 is 18.9. The van der Waals surface area contributed by atoms with Gasteiger partial charge < -0.3 is 10.1 Å². The standard InChI is InChI=1S/C15H15BrFNO/c1-19-13-5-2-11(3-6-13)9-18-10-12-4-7-14(16)15(17)8-12/h2-8,18H,9-10H2,1H3. The van der Waals surface area contributed by atoms with Crippen LogP contribution in [0.1, 0.15) is 11.1 Å². The molecule has 1 N–H and O–H groups in total. The van der Waals surface area contributed by atoms with E-state index in [0.29, 0.717) is 11.0 Å². The van der Waals surface area contributed by atoms with Gasteiger partial charge in [0.25, 0.3) is 0 Å². The summed E-state index contributed by atoms with van der Waals surface area (Å²) >= 11 is 3.14. The highest BCUT2D eigenvalue weighted by atomic mass is 79.9. The second kappa shape index (κ2) is 6.68. The topological polar surface area (TPSA) is 21.3 Å². The largest absolute Gasteiger partial charge is 0.497 e. The highest BCUT2D eigenvalue weighted by Crippen LogP contribution is 2.16. The van der Waals surface area contributed by atoms with E-state index in [-0.39, 0.29) is 5.82 Å². The lowest BCUT2D eigenvalue weighted by Gasteiger charge is -2.07. The van der Waals surface area contributed by atoms with Gasteiger partial charge in [0.1, 0.15) is 11.6 Å². The first kappa shape index (κ1) is 14.0. The van der Waals surface area contributed by atoms with E-state index in [4.69, 9.17) is 4.74 Å². The number of hydrogen-bond acceptors (Lipinski definition) is 2. The van der Waals surface area contributed by atoms with Gasteiger partial charge in [-0.2, -0.15) is 0 Å². The van der Waals surface area contributed by atoms with Crippen molar-refractivity contribution in [1.29, 1.82) is 0 Å². The van der Waals surface area contributed by atoms with Crippen LogP contribution in [-0.4, -0.2) is 7.11 Å². The molecule has 0 atom stereocenters. The molecule has 2 aromatic rings. The minimum Gasteiger partial charge on any atom is -0.497 e. The van der Waals surface area contributed by atoms with Crippen LogP contribution < -0.4 is 10.1 Å². The van der Waals surface area contributed by atoms with Crippen LogP contribution in [0.25, 0.3) is 0 Å². The first-order valence-electron chi connectivity index (χ1n) is 5.96. The third kappa shape index (κ3) is 4.04. The number of methoxy groups -OCH3 is 1. The van der Waals surface area contributed by atoms with Gasteiger partial charge in [0.05, 0.1) is 11.6 Å². The second-order valence-corrected chi connectivity index (χ2v) is 5.05. The van der Waals surface area contributed by atoms with Gasteiger partial charge in [0.2, 0.25) is 0 Å². The summed E-state index contributed by atoms with van der Waals surface area (Å²) in [5, 5.41) is 3.28. The van der Waals surface area contributed by atoms with Gasteiger partial charge in [0, 0.05) is 13.1 Å². The molecule has 0 unspecified atom stereocenters. The lowest BCUT2D eigenvalue weighted by Crippen LogP contribution is -2.12. The van der Waals surface area contributed by atoms with Gasteiger partial charge in [-0.15, -0.1) is 0 Å². The fraction of sp³-hybridized carbons (Fsp3) is 0.200. The maximum Gasteiger partial charge on any atom is 0.137 e. The number of rotatable bonds is 5. The van der Waals surface area contributed by atoms with E-state index in [1.165, 1.54) is 11.6 Å². The molecule has 0 radical (unpaired) electrons. The molecule has 0 aliphatic heterocycles. The van der Waals surface area contributed by atoms with Gasteiger partial charge in [-0.25, -0.2) is 4.39 Å². The summed E-state index contributed by atoms with van der Waals surface area (Å²) in [6.07, 6.45) is 0. The SMILES string of the molecule is COc1ccc(CNCc2ccc(Br)c(F)c2)cc1. The van der Waals surface area contributed by atoms with Gasteiger partial charge in [-0.1, -0.05) is 18.2 Å². The zero-order chi connectivity index (χ0) is 13.7. The van der Waals surface area contributed by atoms with Crippen molar-refractivity contribution < 1.29 is 9.13 Å². The second-order valence-electron chi connectivity index (χ2n) is 4.20. The quantitative estimate of drug-likeness (QED) is 0.901. The maximum absolute atomic E-state index is 13.3. The zero-order valence-electron chi connectivity index (χ0n) is 10.6. The summed E-state index contributed by atoms with van der Waals surface area (Å²) in [4.78, 5) is 0. The molecule has 0 fully saturated rings. The molecule has 0 aromatic heterocycles. The summed E-state index contributed by atoms with van der Waals surface area (Å²) in [6, 6.07) is 13.0. The first-order valence-corrected chi connectivity index (χ1v) is 6.76. The van der Waals surface area contributed by atoms with Crippen LogP contribution in [0, 0.1) is 5.82 Å². The molecule has 0 saturated heterocycles. The molecule has 0 bridgehead atoms. The van der Waals surface area contributed by atoms with Crippen LogP contribution in [0.15, 0.2) is 46.9 Å². The fourth-order valence-corrected chi connectivity index (χ4v) is 1.99. The van der Waals surface area contributed by atoms with E-state index >= 15 is 0 Å². The molecule has 0 aliphatic rings. The Morgan fingerprint density at radius 2 is 1.68 bits per heavy atom. The monoisotopic (exact) mass is 323 g/mol. The van der Waals surface area contributed by atoms with Crippen molar-refractivity contribution in [1.82, 2.24) is 5.32 Å². The molecule has 0 amide bonds. The van der Waals surface area contributed by atoms with Crippen molar-refractivity contribution in [2.24, 2.45) is 0 Å². The minimum atomic E-state index is -0.233. The first-order chi connectivity index (χ1) is 9.19. The molecular formula is C15H15BrFNO. The van der Waals surface area contributed by atoms with Crippen molar-refractivity contribution in [3.05, 3.63) is 63.9 Å². The normalized spacial score (nSPS) is 10.5. The average Bonchev–Trinajstić information content (AvgIpc) is 2.43. The molecule has 0 saturated carbocycles. The Morgan fingerprint density at radius 3 is 2.32 bits per heavy atom. The Bertz CT molecular complexity index is 542. The molecule has 0 aliphatic carbocycles. The highest BCUT2D eigenvalue weighted by molar-refractivity contribution is 9.10. The highest BCUT2D eigenvalue weighted by Gasteiger charge is 2.00. The van der Waals surface area contributed by atoms with Crippen molar-refractivity contribution in [2.75, 3.05) is 7.11 Å². The van der Waals surface area contributed by atoms with Crippen LogP contribution in [0.3, 0.4) is 0 Å². The van der Waals surface area contributed by atoms with Gasteiger partial charge >= 0.3 is 0 Å². The molecule has 0 heterocycles. The van der Waals surface area contributed by atoms with Crippen molar-refractivity contribution >= 4 is 15.9 Å². The molecule has 2 aromatic carbocycles. The van der Waals surface area contributed by atoms with Crippen LogP contribution in [0.2, 0.25) is 0 Å². The lowest BCUT2D eigenvalue weighted by atomic mass is 10.2. The zero-order valence-corrected chi connectivity index (χ0v) is 12.2. The van der Waals surface area contributed by atoms with E-state index < -0.39 is 0 Å². The lowest BCUT2D eigenvalue weighted by molar-refractivity contribution is 0.414. The van der Waals surface area contributed by atoms with Crippen molar-refractivity contribution in [3.8, 4) is 5.75 Å². The molecule has 19 heavy (non-hydrogen) atoms. The van der Waals surface area contributed by atoms with E-state index in [1.807, 2.05) is 30.3 Å². The van der Waals surface area contributed by atoms with Crippen molar-refractivity contribution in [2.45, 2.75) is 13.1 Å². The van der Waals surface area contributed by atoms with E-state index in [2.05, 4.69) is 21.2 Å². The smallest absolute Gasteiger partial charge is 0.137 e. The average molecular weight is 324 g/mol. The Morgan fingerprint density at radius 1 is 1.05 bits per heavy atom. The van der Waals surface area contributed by atoms with E-state index in [1.54, 1.807) is 13.2 Å². The molecule has 100 valence electrons. The Labute approximate surface area is 120 Å². The number of nitrogens with one attached hydrogen (secondary N) is 1. The summed E-state index contributed by atoms with van der Waals surface area (Å²) in [5.41, 5.74) is 2.09. The van der Waals surface area contributed by atoms with Gasteiger partial charge in [0.15, 0.2) is 0 Å². The van der Waals surface area contributed by atoms with Crippen LogP contribution in [0.4, 0.5) is 4.39 Å². The summed E-state index contributed by atoms with van der Waals surface area (Å²) in [6.45, 7) is 1.37. The fourth-order valence-electron chi connectivity index (χ4n) is 1.74. The van der Waals surface area contributed by atoms with E-state index in [0.717, 1.165) is 17.9 Å². The number of benzene rings is 2. The Kier molecular flexibility index (Phi) is 4.93. The maximum atomic E-state index is 13.3.